The molecule has 7 heteroatoms. The Labute approximate surface area is 117 Å². The first-order valence-corrected chi connectivity index (χ1v) is 8.33. The molecule has 0 aromatic rings. The Morgan fingerprint density at radius 3 is 2.21 bits per heavy atom. The molecule has 19 heavy (non-hydrogen) atoms. The second-order valence-corrected chi connectivity index (χ2v) is 7.60. The molecule has 0 atom stereocenters. The van der Waals surface area contributed by atoms with E-state index >= 15 is 0 Å². The summed E-state index contributed by atoms with van der Waals surface area (Å²) in [6.07, 6.45) is 2.60. The predicted octanol–water partition coefficient (Wildman–Crippen LogP) is -0.215. The lowest BCUT2D eigenvalue weighted by Gasteiger charge is -2.33. The Morgan fingerprint density at radius 2 is 1.74 bits per heavy atom. The lowest BCUT2D eigenvalue weighted by Crippen LogP contribution is -2.46. The minimum Gasteiger partial charge on any atom is -0.330 e. The summed E-state index contributed by atoms with van der Waals surface area (Å²) in [5.74, 6) is 0.477. The van der Waals surface area contributed by atoms with E-state index in [1.165, 1.54) is 4.31 Å². The fraction of sp³-hybridized carbons (Fsp3) is 1.00. The van der Waals surface area contributed by atoms with E-state index in [9.17, 15) is 8.42 Å². The van der Waals surface area contributed by atoms with Crippen LogP contribution in [0.25, 0.3) is 0 Å². The molecule has 0 aromatic carbocycles. The molecule has 6 nitrogen and oxygen atoms in total. The zero-order chi connectivity index (χ0) is 14.5. The van der Waals surface area contributed by atoms with Gasteiger partial charge in [-0.3, -0.25) is 0 Å². The maximum Gasteiger partial charge on any atom is 0.281 e. The van der Waals surface area contributed by atoms with Crippen LogP contribution < -0.4 is 5.73 Å². The summed E-state index contributed by atoms with van der Waals surface area (Å²) in [6.45, 7) is 3.32. The third-order valence-electron chi connectivity index (χ3n) is 3.71. The highest BCUT2D eigenvalue weighted by Crippen LogP contribution is 2.19. The van der Waals surface area contributed by atoms with Crippen molar-refractivity contribution in [2.24, 2.45) is 11.7 Å². The van der Waals surface area contributed by atoms with Gasteiger partial charge in [0.25, 0.3) is 10.2 Å². The highest BCUT2D eigenvalue weighted by molar-refractivity contribution is 7.86. The highest BCUT2D eigenvalue weighted by atomic mass is 32.2. The lowest BCUT2D eigenvalue weighted by atomic mass is 9.99. The van der Waals surface area contributed by atoms with Crippen molar-refractivity contribution in [1.29, 1.82) is 0 Å². The van der Waals surface area contributed by atoms with Gasteiger partial charge in [0.05, 0.1) is 0 Å². The number of hydrogen-bond donors (Lipinski definition) is 1. The number of piperidine rings is 1. The second kappa shape index (κ2) is 7.54. The molecule has 1 aliphatic heterocycles. The van der Waals surface area contributed by atoms with Crippen molar-refractivity contribution in [1.82, 2.24) is 13.5 Å². The van der Waals surface area contributed by atoms with Gasteiger partial charge < -0.3 is 10.6 Å². The summed E-state index contributed by atoms with van der Waals surface area (Å²) in [4.78, 5) is 2.06. The van der Waals surface area contributed by atoms with Crippen molar-refractivity contribution in [3.05, 3.63) is 0 Å². The predicted molar refractivity (Wildman–Crippen MR) is 78.1 cm³/mol. The van der Waals surface area contributed by atoms with E-state index < -0.39 is 10.2 Å². The van der Waals surface area contributed by atoms with Crippen LogP contribution in [0.4, 0.5) is 0 Å². The Kier molecular flexibility index (Phi) is 6.68. The van der Waals surface area contributed by atoms with Crippen LogP contribution in [0.5, 0.6) is 0 Å². The molecular formula is C12H28N4O2S. The van der Waals surface area contributed by atoms with Crippen molar-refractivity contribution in [3.8, 4) is 0 Å². The van der Waals surface area contributed by atoms with Crippen LogP contribution in [0.1, 0.15) is 19.3 Å². The molecule has 0 bridgehead atoms. The molecule has 0 aromatic heterocycles. The van der Waals surface area contributed by atoms with Crippen LogP contribution in [0.2, 0.25) is 0 Å². The third kappa shape index (κ3) is 5.00. The number of hydrogen-bond acceptors (Lipinski definition) is 4. The average molecular weight is 292 g/mol. The van der Waals surface area contributed by atoms with E-state index in [1.54, 1.807) is 11.4 Å². The van der Waals surface area contributed by atoms with Crippen LogP contribution in [-0.4, -0.2) is 75.8 Å². The topological polar surface area (TPSA) is 69.9 Å². The van der Waals surface area contributed by atoms with Gasteiger partial charge in [0.1, 0.15) is 0 Å². The maximum absolute atomic E-state index is 12.4. The number of rotatable bonds is 7. The molecule has 2 N–H and O–H groups in total. The van der Waals surface area contributed by atoms with Crippen molar-refractivity contribution < 1.29 is 8.42 Å². The molecule has 1 saturated heterocycles. The minimum absolute atomic E-state index is 0.477. The van der Waals surface area contributed by atoms with Gasteiger partial charge >= 0.3 is 0 Å². The number of nitrogens with zero attached hydrogens (tertiary/aromatic N) is 3. The smallest absolute Gasteiger partial charge is 0.281 e. The molecule has 1 rings (SSSR count). The van der Waals surface area contributed by atoms with Gasteiger partial charge in [-0.25, -0.2) is 0 Å². The maximum atomic E-state index is 12.4. The first-order chi connectivity index (χ1) is 8.87. The molecule has 1 heterocycles. The molecule has 0 spiro atoms. The van der Waals surface area contributed by atoms with E-state index in [0.717, 1.165) is 25.8 Å². The fourth-order valence-corrected chi connectivity index (χ4v) is 3.72. The highest BCUT2D eigenvalue weighted by Gasteiger charge is 2.30. The summed E-state index contributed by atoms with van der Waals surface area (Å²) in [5.41, 5.74) is 5.63. The summed E-state index contributed by atoms with van der Waals surface area (Å²) in [6, 6.07) is 0. The van der Waals surface area contributed by atoms with Gasteiger partial charge in [-0.05, 0) is 52.4 Å². The molecule has 0 unspecified atom stereocenters. The summed E-state index contributed by atoms with van der Waals surface area (Å²) >= 11 is 0. The first kappa shape index (κ1) is 16.8. The zero-order valence-corrected chi connectivity index (χ0v) is 13.2. The summed E-state index contributed by atoms with van der Waals surface area (Å²) in [7, 11) is 2.37. The summed E-state index contributed by atoms with van der Waals surface area (Å²) in [5, 5.41) is 0. The van der Waals surface area contributed by atoms with Crippen LogP contribution in [0.3, 0.4) is 0 Å². The van der Waals surface area contributed by atoms with Crippen LogP contribution in [-0.2, 0) is 10.2 Å². The molecule has 1 aliphatic rings. The lowest BCUT2D eigenvalue weighted by molar-refractivity contribution is 0.261. The molecule has 0 amide bonds. The number of nitrogens with two attached hydrogens (primary N) is 1. The molecule has 1 fully saturated rings. The molecule has 0 saturated carbocycles. The minimum atomic E-state index is -3.28. The molecular weight excluding hydrogens is 264 g/mol. The Bertz CT molecular complexity index is 351. The largest absolute Gasteiger partial charge is 0.330 e. The standard InChI is InChI=1S/C12H28N4O2S/c1-14(2)7-4-8-15(3)19(17,18)16-9-5-12(11-13)6-10-16/h12H,4-11,13H2,1-3H3. The van der Waals surface area contributed by atoms with Gasteiger partial charge in [-0.1, -0.05) is 0 Å². The normalized spacial score (nSPS) is 19.5. The van der Waals surface area contributed by atoms with Gasteiger partial charge in [0, 0.05) is 26.7 Å². The van der Waals surface area contributed by atoms with E-state index in [-0.39, 0.29) is 0 Å². The first-order valence-electron chi connectivity index (χ1n) is 6.94. The Morgan fingerprint density at radius 1 is 1.16 bits per heavy atom. The van der Waals surface area contributed by atoms with Gasteiger partial charge in [0.2, 0.25) is 0 Å². The van der Waals surface area contributed by atoms with E-state index in [1.807, 2.05) is 14.1 Å². The van der Waals surface area contributed by atoms with E-state index in [2.05, 4.69) is 4.90 Å². The van der Waals surface area contributed by atoms with Crippen molar-refractivity contribution in [2.75, 3.05) is 53.9 Å². The van der Waals surface area contributed by atoms with Crippen LogP contribution >= 0.6 is 0 Å². The molecule has 0 aliphatic carbocycles. The van der Waals surface area contributed by atoms with Gasteiger partial charge in [-0.2, -0.15) is 17.0 Å². The Hall–Kier alpha value is -0.210. The van der Waals surface area contributed by atoms with Crippen molar-refractivity contribution in [2.45, 2.75) is 19.3 Å². The SMILES string of the molecule is CN(C)CCCN(C)S(=O)(=O)N1CCC(CN)CC1. The fourth-order valence-electron chi connectivity index (χ4n) is 2.30. The molecule has 0 radical (unpaired) electrons. The monoisotopic (exact) mass is 292 g/mol. The molecule has 114 valence electrons. The van der Waals surface area contributed by atoms with Crippen LogP contribution in [0, 0.1) is 5.92 Å². The quantitative estimate of drug-likeness (QED) is 0.705. The average Bonchev–Trinajstić information content (AvgIpc) is 2.38. The summed E-state index contributed by atoms with van der Waals surface area (Å²) < 4.78 is 27.8. The van der Waals surface area contributed by atoms with Gasteiger partial charge in [-0.15, -0.1) is 0 Å². The van der Waals surface area contributed by atoms with E-state index in [0.29, 0.717) is 32.1 Å². The van der Waals surface area contributed by atoms with Crippen LogP contribution in [0.15, 0.2) is 0 Å². The Balaban J connectivity index is 2.46. The van der Waals surface area contributed by atoms with Crippen molar-refractivity contribution >= 4 is 10.2 Å². The second-order valence-electron chi connectivity index (χ2n) is 5.56. The zero-order valence-electron chi connectivity index (χ0n) is 12.4. The van der Waals surface area contributed by atoms with Crippen molar-refractivity contribution in [3.63, 3.8) is 0 Å². The van der Waals surface area contributed by atoms with Gasteiger partial charge in [0.15, 0.2) is 0 Å². The third-order valence-corrected chi connectivity index (χ3v) is 5.69. The van der Waals surface area contributed by atoms with E-state index in [4.69, 9.17) is 5.73 Å².